The molecule has 10 heteroatoms. The summed E-state index contributed by atoms with van der Waals surface area (Å²) < 4.78 is 18.2. The second-order valence-corrected chi connectivity index (χ2v) is 7.81. The van der Waals surface area contributed by atoms with Crippen LogP contribution in [0.5, 0.6) is 11.5 Å². The van der Waals surface area contributed by atoms with Crippen LogP contribution in [0.1, 0.15) is 21.9 Å². The zero-order valence-corrected chi connectivity index (χ0v) is 18.2. The van der Waals surface area contributed by atoms with Gasteiger partial charge in [0.2, 0.25) is 6.79 Å². The molecule has 1 aromatic carbocycles. The van der Waals surface area contributed by atoms with E-state index >= 15 is 0 Å². The fourth-order valence-electron chi connectivity index (χ4n) is 3.72. The normalized spacial score (nSPS) is 15.7. The van der Waals surface area contributed by atoms with Crippen LogP contribution in [0.2, 0.25) is 5.02 Å². The monoisotopic (exact) mass is 463 g/mol. The van der Waals surface area contributed by atoms with Crippen molar-refractivity contribution in [3.8, 4) is 11.5 Å². The number of piperazine rings is 1. The lowest BCUT2D eigenvalue weighted by Crippen LogP contribution is -3.00. The van der Waals surface area contributed by atoms with Crippen molar-refractivity contribution in [3.63, 3.8) is 0 Å². The summed E-state index contributed by atoms with van der Waals surface area (Å²) in [6.07, 6.45) is 3.28. The second-order valence-electron chi connectivity index (χ2n) is 7.38. The van der Waals surface area contributed by atoms with Crippen molar-refractivity contribution in [3.05, 3.63) is 64.8 Å². The van der Waals surface area contributed by atoms with Gasteiger partial charge < -0.3 is 31.2 Å². The molecule has 0 aliphatic carbocycles. The topological polar surface area (TPSA) is 73.0 Å². The Labute approximate surface area is 190 Å². The Morgan fingerprint density at radius 3 is 2.61 bits per heavy atom. The predicted molar refractivity (Wildman–Crippen MR) is 109 cm³/mol. The summed E-state index contributed by atoms with van der Waals surface area (Å²) >= 11 is 5.88. The summed E-state index contributed by atoms with van der Waals surface area (Å²) in [5, 5.41) is 4.69. The molecule has 2 aliphatic rings. The summed E-state index contributed by atoms with van der Waals surface area (Å²) in [6.45, 7) is 4.46. The zero-order chi connectivity index (χ0) is 20.5. The molecule has 8 nitrogen and oxygen atoms in total. The maximum atomic E-state index is 12.8. The molecule has 164 valence electrons. The fourth-order valence-corrected chi connectivity index (χ4v) is 3.88. The minimum Gasteiger partial charge on any atom is -1.00 e. The molecule has 0 atom stereocenters. The van der Waals surface area contributed by atoms with Crippen molar-refractivity contribution in [2.24, 2.45) is 0 Å². The zero-order valence-electron chi connectivity index (χ0n) is 16.7. The first-order valence-corrected chi connectivity index (χ1v) is 10.2. The lowest BCUT2D eigenvalue weighted by molar-refractivity contribution is -0.0000184. The lowest BCUT2D eigenvalue weighted by atomic mass is 10.1. The van der Waals surface area contributed by atoms with Crippen LogP contribution in [-0.4, -0.2) is 58.5 Å². The number of halogens is 2. The Kier molecular flexibility index (Phi) is 6.41. The number of carbonyl (C=O) groups is 1. The number of amides is 1. The van der Waals surface area contributed by atoms with Gasteiger partial charge in [0.25, 0.3) is 5.91 Å². The highest BCUT2D eigenvalue weighted by Gasteiger charge is 2.25. The van der Waals surface area contributed by atoms with Gasteiger partial charge in [0.1, 0.15) is 5.76 Å². The van der Waals surface area contributed by atoms with E-state index < -0.39 is 0 Å². The molecule has 0 unspecified atom stereocenters. The number of hydrogen-bond acceptors (Lipinski definition) is 6. The van der Waals surface area contributed by atoms with Crippen molar-refractivity contribution in [2.45, 2.75) is 13.1 Å². The van der Waals surface area contributed by atoms with Gasteiger partial charge in [-0.2, -0.15) is 5.10 Å². The highest BCUT2D eigenvalue weighted by Crippen LogP contribution is 2.32. The minimum atomic E-state index is -0.0810. The summed E-state index contributed by atoms with van der Waals surface area (Å²) in [4.78, 5) is 17.0. The molecule has 0 saturated carbocycles. The second kappa shape index (κ2) is 9.21. The van der Waals surface area contributed by atoms with Gasteiger partial charge in [-0.25, -0.2) is 0 Å². The van der Waals surface area contributed by atoms with E-state index in [4.69, 9.17) is 25.5 Å². The molecule has 31 heavy (non-hydrogen) atoms. The lowest BCUT2D eigenvalue weighted by Gasteiger charge is -2.34. The summed E-state index contributed by atoms with van der Waals surface area (Å²) in [6, 6.07) is 9.56. The number of benzene rings is 1. The van der Waals surface area contributed by atoms with Gasteiger partial charge in [-0.1, -0.05) is 17.7 Å². The van der Waals surface area contributed by atoms with Gasteiger partial charge >= 0.3 is 0 Å². The van der Waals surface area contributed by atoms with Gasteiger partial charge in [-0.15, -0.1) is 0 Å². The van der Waals surface area contributed by atoms with Crippen molar-refractivity contribution >= 4 is 17.5 Å². The predicted octanol–water partition coefficient (Wildman–Crippen LogP) is -0.131. The van der Waals surface area contributed by atoms with E-state index in [2.05, 4.69) is 16.1 Å². The van der Waals surface area contributed by atoms with Gasteiger partial charge in [0, 0.05) is 38.9 Å². The largest absolute Gasteiger partial charge is 1.00 e. The first-order valence-electron chi connectivity index (χ1n) is 9.81. The third-order valence-electron chi connectivity index (χ3n) is 5.29. The van der Waals surface area contributed by atoms with E-state index in [9.17, 15) is 4.79 Å². The van der Waals surface area contributed by atoms with Gasteiger partial charge in [0.15, 0.2) is 17.3 Å². The van der Waals surface area contributed by atoms with Crippen molar-refractivity contribution < 1.29 is 31.1 Å². The van der Waals surface area contributed by atoms with Crippen LogP contribution in [0, 0.1) is 0 Å². The average Bonchev–Trinajstić information content (AvgIpc) is 3.49. The number of nitrogens with zero attached hydrogens (tertiary/aromatic N) is 4. The highest BCUT2D eigenvalue weighted by molar-refractivity contribution is 6.30. The van der Waals surface area contributed by atoms with E-state index in [0.29, 0.717) is 36.2 Å². The van der Waals surface area contributed by atoms with Crippen LogP contribution < -0.4 is 21.9 Å². The van der Waals surface area contributed by atoms with Crippen LogP contribution in [0.3, 0.4) is 0 Å². The van der Waals surface area contributed by atoms with Gasteiger partial charge in [0.05, 0.1) is 17.8 Å². The molecule has 2 aliphatic heterocycles. The highest BCUT2D eigenvalue weighted by atomic mass is 35.5. The third-order valence-corrected chi connectivity index (χ3v) is 5.49. The molecule has 1 saturated heterocycles. The molecular weight excluding hydrogens is 443 g/mol. The Balaban J connectivity index is 0.00000231. The summed E-state index contributed by atoms with van der Waals surface area (Å²) in [5.74, 6) is 2.53. The van der Waals surface area contributed by atoms with Crippen LogP contribution >= 0.6 is 11.6 Å². The summed E-state index contributed by atoms with van der Waals surface area (Å²) in [5.41, 5.74) is 1.17. The standard InChI is InChI=1S/C21H21ClN4O4.ClH/c22-16-10-23-26(12-16)13-17-2-4-19(30-17)21(27)25-7-5-24(6-8-25)11-15-1-3-18-20(9-15)29-14-28-18;/h1-4,9-10,12H,5-8,11,13-14H2;1H/p-1. The number of hydrogen-bond donors (Lipinski definition) is 0. The molecule has 1 fully saturated rings. The van der Waals surface area contributed by atoms with Crippen molar-refractivity contribution in [1.82, 2.24) is 19.6 Å². The SMILES string of the molecule is O=C(c1ccc(Cn2cc(Cl)cn2)o1)N1CCN(Cc2ccc3c(c2)OCO3)CC1.[Cl-]. The van der Waals surface area contributed by atoms with Crippen molar-refractivity contribution in [1.29, 1.82) is 0 Å². The molecule has 2 aromatic heterocycles. The van der Waals surface area contributed by atoms with Crippen LogP contribution in [-0.2, 0) is 13.1 Å². The quantitative estimate of drug-likeness (QED) is 0.524. The number of rotatable bonds is 5. The van der Waals surface area contributed by atoms with Crippen LogP contribution in [0.25, 0.3) is 0 Å². The molecule has 0 bridgehead atoms. The number of carbonyl (C=O) groups excluding carboxylic acids is 1. The molecule has 4 heterocycles. The molecule has 0 spiro atoms. The Morgan fingerprint density at radius 1 is 1.03 bits per heavy atom. The molecular formula is C21H21Cl2N4O4-. The first kappa shape index (κ1) is 21.5. The molecule has 3 aromatic rings. The van der Waals surface area contributed by atoms with Gasteiger partial charge in [-0.3, -0.25) is 14.4 Å². The number of fused-ring (bicyclic) bond motifs is 1. The Morgan fingerprint density at radius 2 is 1.84 bits per heavy atom. The van der Waals surface area contributed by atoms with Crippen LogP contribution in [0.15, 0.2) is 47.1 Å². The van der Waals surface area contributed by atoms with Crippen molar-refractivity contribution in [2.75, 3.05) is 33.0 Å². The molecule has 1 amide bonds. The summed E-state index contributed by atoms with van der Waals surface area (Å²) in [7, 11) is 0. The number of aromatic nitrogens is 2. The number of ether oxygens (including phenoxy) is 2. The molecule has 5 rings (SSSR count). The Bertz CT molecular complexity index is 1060. The number of furan rings is 1. The maximum absolute atomic E-state index is 12.8. The van der Waals surface area contributed by atoms with E-state index in [1.165, 1.54) is 5.56 Å². The van der Waals surface area contributed by atoms with E-state index in [-0.39, 0.29) is 25.1 Å². The fraction of sp³-hybridized carbons (Fsp3) is 0.333. The van der Waals surface area contributed by atoms with E-state index in [1.54, 1.807) is 29.2 Å². The third kappa shape index (κ3) is 4.81. The van der Waals surface area contributed by atoms with E-state index in [1.807, 2.05) is 17.0 Å². The van der Waals surface area contributed by atoms with E-state index in [0.717, 1.165) is 31.1 Å². The maximum Gasteiger partial charge on any atom is 0.289 e. The average molecular weight is 464 g/mol. The minimum absolute atomic E-state index is 0. The molecule has 0 N–H and O–H groups in total. The molecule has 0 radical (unpaired) electrons. The van der Waals surface area contributed by atoms with Crippen LogP contribution in [0.4, 0.5) is 0 Å². The van der Waals surface area contributed by atoms with Gasteiger partial charge in [-0.05, 0) is 29.8 Å². The Hall–Kier alpha value is -2.68. The smallest absolute Gasteiger partial charge is 0.289 e. The first-order chi connectivity index (χ1) is 14.6.